The van der Waals surface area contributed by atoms with E-state index >= 15 is 0 Å². The average Bonchev–Trinajstić information content (AvgIpc) is 2.87. The van der Waals surface area contributed by atoms with Gasteiger partial charge in [0, 0.05) is 43.3 Å². The molecule has 9 heteroatoms. The Labute approximate surface area is 208 Å². The summed E-state index contributed by atoms with van der Waals surface area (Å²) in [4.78, 5) is 26.4. The van der Waals surface area contributed by atoms with E-state index in [0.717, 1.165) is 38.5 Å². The summed E-state index contributed by atoms with van der Waals surface area (Å²) in [5.74, 6) is 0.365. The van der Waals surface area contributed by atoms with Gasteiger partial charge < -0.3 is 25.2 Å². The number of carbonyl (C=O) groups excluding carboxylic acids is 1. The van der Waals surface area contributed by atoms with Gasteiger partial charge in [-0.15, -0.1) is 0 Å². The van der Waals surface area contributed by atoms with Gasteiger partial charge in [-0.05, 0) is 66.7 Å². The van der Waals surface area contributed by atoms with Crippen molar-refractivity contribution < 1.29 is 24.2 Å². The molecule has 0 radical (unpaired) electrons. The molecule has 3 aromatic rings. The van der Waals surface area contributed by atoms with Crippen LogP contribution in [0.25, 0.3) is 0 Å². The number of carboxylic acids is 1. The van der Waals surface area contributed by atoms with Crippen LogP contribution in [0.5, 0.6) is 17.2 Å². The number of nitrogens with zero attached hydrogens (tertiary/aromatic N) is 1. The van der Waals surface area contributed by atoms with Crippen molar-refractivity contribution in [3.8, 4) is 17.2 Å². The Morgan fingerprint density at radius 3 is 2.23 bits per heavy atom. The topological polar surface area (TPSA) is 100 Å². The van der Waals surface area contributed by atoms with E-state index in [-0.39, 0.29) is 16.3 Å². The maximum atomic E-state index is 12.6. The first-order valence-corrected chi connectivity index (χ1v) is 11.6. The van der Waals surface area contributed by atoms with Gasteiger partial charge in [-0.25, -0.2) is 4.79 Å². The second-order valence-electron chi connectivity index (χ2n) is 7.99. The second-order valence-corrected chi connectivity index (χ2v) is 8.42. The third-order valence-electron chi connectivity index (χ3n) is 5.52. The minimum absolute atomic E-state index is 0.0815. The quantitative estimate of drug-likeness (QED) is 0.405. The second kappa shape index (κ2) is 11.7. The lowest BCUT2D eigenvalue weighted by molar-refractivity contribution is 0.0698. The average molecular weight is 496 g/mol. The number of ether oxygens (including phenoxy) is 2. The van der Waals surface area contributed by atoms with Crippen LogP contribution in [-0.4, -0.2) is 61.2 Å². The van der Waals surface area contributed by atoms with Crippen LogP contribution in [0.3, 0.4) is 0 Å². The van der Waals surface area contributed by atoms with E-state index in [4.69, 9.17) is 21.1 Å². The molecule has 1 heterocycles. The fourth-order valence-corrected chi connectivity index (χ4v) is 3.81. The Bertz CT molecular complexity index is 1160. The third kappa shape index (κ3) is 6.95. The Morgan fingerprint density at radius 2 is 1.57 bits per heavy atom. The molecule has 3 aromatic carbocycles. The van der Waals surface area contributed by atoms with Crippen LogP contribution in [0.2, 0.25) is 5.02 Å². The molecule has 0 unspecified atom stereocenters. The van der Waals surface area contributed by atoms with E-state index in [1.54, 1.807) is 24.3 Å². The molecule has 0 aromatic heterocycles. The number of halogens is 1. The van der Waals surface area contributed by atoms with Gasteiger partial charge in [0.1, 0.15) is 23.9 Å². The van der Waals surface area contributed by atoms with Crippen molar-refractivity contribution in [2.24, 2.45) is 0 Å². The van der Waals surface area contributed by atoms with E-state index in [9.17, 15) is 14.7 Å². The van der Waals surface area contributed by atoms with Crippen molar-refractivity contribution in [3.05, 3.63) is 82.9 Å². The SMILES string of the molecule is O=C(Nc1ccc(Cl)cc1C(=O)O)c1ccc(Oc2ccc(OCCN3CCNCC3)cc2)cc1. The molecule has 0 saturated carbocycles. The lowest BCUT2D eigenvalue weighted by atomic mass is 10.1. The standard InChI is InChI=1S/C26H26ClN3O5/c27-19-3-10-24(23(17-19)26(32)33)29-25(31)18-1-4-21(5-2-18)35-22-8-6-20(7-9-22)34-16-15-30-13-11-28-12-14-30/h1-10,17,28H,11-16H2,(H,29,31)(H,32,33). The molecule has 4 rings (SSSR count). The fraction of sp³-hybridized carbons (Fsp3) is 0.231. The Kier molecular flexibility index (Phi) is 8.20. The summed E-state index contributed by atoms with van der Waals surface area (Å²) in [5, 5.41) is 15.5. The Morgan fingerprint density at radius 1 is 0.943 bits per heavy atom. The largest absolute Gasteiger partial charge is 0.492 e. The maximum Gasteiger partial charge on any atom is 0.337 e. The highest BCUT2D eigenvalue weighted by molar-refractivity contribution is 6.31. The molecular weight excluding hydrogens is 470 g/mol. The Balaban J connectivity index is 1.29. The van der Waals surface area contributed by atoms with Gasteiger partial charge in [0.15, 0.2) is 0 Å². The van der Waals surface area contributed by atoms with Crippen molar-refractivity contribution in [3.63, 3.8) is 0 Å². The zero-order valence-electron chi connectivity index (χ0n) is 19.0. The molecule has 0 spiro atoms. The number of hydrogen-bond acceptors (Lipinski definition) is 6. The fourth-order valence-electron chi connectivity index (χ4n) is 3.64. The summed E-state index contributed by atoms with van der Waals surface area (Å²) < 4.78 is 11.7. The number of anilines is 1. The Hall–Kier alpha value is -3.59. The van der Waals surface area contributed by atoms with Gasteiger partial charge in [-0.2, -0.15) is 0 Å². The molecule has 1 amide bonds. The van der Waals surface area contributed by atoms with Crippen LogP contribution in [0.4, 0.5) is 5.69 Å². The minimum Gasteiger partial charge on any atom is -0.492 e. The van der Waals surface area contributed by atoms with Crippen LogP contribution in [0.1, 0.15) is 20.7 Å². The molecule has 0 bridgehead atoms. The number of aromatic carboxylic acids is 1. The number of carboxylic acid groups (broad SMARTS) is 1. The molecule has 3 N–H and O–H groups in total. The number of carbonyl (C=O) groups is 2. The van der Waals surface area contributed by atoms with Crippen LogP contribution < -0.4 is 20.1 Å². The maximum absolute atomic E-state index is 12.6. The zero-order valence-corrected chi connectivity index (χ0v) is 19.8. The number of benzene rings is 3. The molecule has 1 aliphatic heterocycles. The number of hydrogen-bond donors (Lipinski definition) is 3. The van der Waals surface area contributed by atoms with Crippen LogP contribution in [0, 0.1) is 0 Å². The van der Waals surface area contributed by atoms with Gasteiger partial charge >= 0.3 is 5.97 Å². The van der Waals surface area contributed by atoms with Gasteiger partial charge in [0.2, 0.25) is 0 Å². The van der Waals surface area contributed by atoms with Gasteiger partial charge in [-0.1, -0.05) is 11.6 Å². The molecule has 8 nitrogen and oxygen atoms in total. The van der Waals surface area contributed by atoms with Gasteiger partial charge in [0.25, 0.3) is 5.91 Å². The number of nitrogens with one attached hydrogen (secondary N) is 2. The molecule has 0 aliphatic carbocycles. The van der Waals surface area contributed by atoms with Crippen molar-refractivity contribution in [2.75, 3.05) is 44.6 Å². The van der Waals surface area contributed by atoms with E-state index in [0.29, 0.717) is 23.7 Å². The van der Waals surface area contributed by atoms with Gasteiger partial charge in [-0.3, -0.25) is 9.69 Å². The predicted octanol–water partition coefficient (Wildman–Crippen LogP) is 4.37. The molecular formula is C26H26ClN3O5. The highest BCUT2D eigenvalue weighted by Crippen LogP contribution is 2.25. The van der Waals surface area contributed by atoms with Crippen molar-refractivity contribution in [1.82, 2.24) is 10.2 Å². The molecule has 182 valence electrons. The lowest BCUT2D eigenvalue weighted by Gasteiger charge is -2.26. The van der Waals surface area contributed by atoms with E-state index < -0.39 is 11.9 Å². The summed E-state index contributed by atoms with van der Waals surface area (Å²) >= 11 is 5.86. The summed E-state index contributed by atoms with van der Waals surface area (Å²) in [7, 11) is 0. The van der Waals surface area contributed by atoms with Crippen LogP contribution in [-0.2, 0) is 0 Å². The first-order chi connectivity index (χ1) is 17.0. The van der Waals surface area contributed by atoms with Crippen molar-refractivity contribution in [2.45, 2.75) is 0 Å². The van der Waals surface area contributed by atoms with Crippen LogP contribution in [0.15, 0.2) is 66.7 Å². The number of rotatable bonds is 9. The summed E-state index contributed by atoms with van der Waals surface area (Å²) in [6, 6.07) is 18.2. The highest BCUT2D eigenvalue weighted by atomic mass is 35.5. The molecule has 0 atom stereocenters. The predicted molar refractivity (Wildman–Crippen MR) is 134 cm³/mol. The molecule has 1 aliphatic rings. The van der Waals surface area contributed by atoms with Crippen molar-refractivity contribution in [1.29, 1.82) is 0 Å². The smallest absolute Gasteiger partial charge is 0.337 e. The number of amides is 1. The number of piperazine rings is 1. The molecule has 35 heavy (non-hydrogen) atoms. The summed E-state index contributed by atoms with van der Waals surface area (Å²) in [6.07, 6.45) is 0. The van der Waals surface area contributed by atoms with E-state index in [1.807, 2.05) is 24.3 Å². The van der Waals surface area contributed by atoms with E-state index in [2.05, 4.69) is 15.5 Å². The monoisotopic (exact) mass is 495 g/mol. The summed E-state index contributed by atoms with van der Waals surface area (Å²) in [5.41, 5.74) is 0.446. The zero-order chi connectivity index (χ0) is 24.6. The van der Waals surface area contributed by atoms with E-state index in [1.165, 1.54) is 18.2 Å². The minimum atomic E-state index is -1.18. The molecule has 1 fully saturated rings. The van der Waals surface area contributed by atoms with Crippen LogP contribution >= 0.6 is 11.6 Å². The normalized spacial score (nSPS) is 13.7. The highest BCUT2D eigenvalue weighted by Gasteiger charge is 2.14. The third-order valence-corrected chi connectivity index (χ3v) is 5.76. The van der Waals surface area contributed by atoms with Crippen molar-refractivity contribution >= 4 is 29.2 Å². The van der Waals surface area contributed by atoms with Gasteiger partial charge in [0.05, 0.1) is 11.3 Å². The first kappa shape index (κ1) is 24.5. The lowest BCUT2D eigenvalue weighted by Crippen LogP contribution is -2.44. The summed E-state index contributed by atoms with van der Waals surface area (Å²) in [6.45, 7) is 5.66. The first-order valence-electron chi connectivity index (χ1n) is 11.3. The molecule has 1 saturated heterocycles.